The van der Waals surface area contributed by atoms with Crippen molar-refractivity contribution < 1.29 is 4.21 Å². The van der Waals surface area contributed by atoms with E-state index in [4.69, 9.17) is 0 Å². The highest BCUT2D eigenvalue weighted by Gasteiger charge is 2.05. The molecule has 0 aliphatic rings. The van der Waals surface area contributed by atoms with Crippen LogP contribution in [-0.2, 0) is 16.6 Å². The van der Waals surface area contributed by atoms with E-state index in [1.54, 1.807) is 23.6 Å². The number of thiophene rings is 1. The van der Waals surface area contributed by atoms with E-state index >= 15 is 0 Å². The van der Waals surface area contributed by atoms with Gasteiger partial charge in [-0.25, -0.2) is 4.98 Å². The Bertz CT molecular complexity index is 411. The van der Waals surface area contributed by atoms with Crippen LogP contribution in [-0.4, -0.2) is 9.19 Å². The highest BCUT2D eigenvalue weighted by Crippen LogP contribution is 2.14. The van der Waals surface area contributed by atoms with Crippen LogP contribution >= 0.6 is 11.3 Å². The molecule has 0 amide bonds. The lowest BCUT2D eigenvalue weighted by Gasteiger charge is -1.97. The van der Waals surface area contributed by atoms with Gasteiger partial charge in [-0.3, -0.25) is 4.21 Å². The van der Waals surface area contributed by atoms with Crippen molar-refractivity contribution in [3.8, 4) is 0 Å². The van der Waals surface area contributed by atoms with Crippen LogP contribution in [0.25, 0.3) is 0 Å². The lowest BCUT2D eigenvalue weighted by molar-refractivity contribution is 0.680. The highest BCUT2D eigenvalue weighted by molar-refractivity contribution is 7.84. The van der Waals surface area contributed by atoms with E-state index in [0.29, 0.717) is 10.8 Å². The third-order valence-electron chi connectivity index (χ3n) is 1.72. The molecule has 2 aromatic rings. The first kappa shape index (κ1) is 9.55. The van der Waals surface area contributed by atoms with Gasteiger partial charge in [-0.15, -0.1) is 11.3 Å². The van der Waals surface area contributed by atoms with Crippen LogP contribution in [0.5, 0.6) is 0 Å². The topological polar surface area (TPSA) is 30.0 Å². The Morgan fingerprint density at radius 3 is 2.86 bits per heavy atom. The first-order valence-electron chi connectivity index (χ1n) is 4.18. The molecule has 1 atom stereocenters. The fourth-order valence-electron chi connectivity index (χ4n) is 1.08. The molecule has 0 radical (unpaired) electrons. The zero-order valence-corrected chi connectivity index (χ0v) is 9.05. The lowest BCUT2D eigenvalue weighted by Crippen LogP contribution is -1.96. The first-order valence-corrected chi connectivity index (χ1v) is 6.38. The van der Waals surface area contributed by atoms with Gasteiger partial charge in [-0.1, -0.05) is 12.1 Å². The van der Waals surface area contributed by atoms with Gasteiger partial charge in [-0.05, 0) is 23.6 Å². The van der Waals surface area contributed by atoms with Crippen molar-refractivity contribution in [1.82, 2.24) is 4.98 Å². The molecule has 0 aromatic carbocycles. The van der Waals surface area contributed by atoms with Crippen molar-refractivity contribution in [3.05, 3.63) is 46.8 Å². The summed E-state index contributed by atoms with van der Waals surface area (Å²) in [6.45, 7) is 0. The molecule has 4 heteroatoms. The Hall–Kier alpha value is -1.00. The van der Waals surface area contributed by atoms with Gasteiger partial charge in [0.15, 0.2) is 0 Å². The standard InChI is InChI=1S/C10H9NOS2/c12-14(8-9-4-3-7-13-9)10-5-1-2-6-11-10/h1-7H,8H2. The molecule has 0 aliphatic heterocycles. The van der Waals surface area contributed by atoms with Crippen molar-refractivity contribution in [2.24, 2.45) is 0 Å². The summed E-state index contributed by atoms with van der Waals surface area (Å²) in [6.07, 6.45) is 1.67. The second-order valence-electron chi connectivity index (χ2n) is 2.74. The van der Waals surface area contributed by atoms with E-state index < -0.39 is 10.8 Å². The minimum Gasteiger partial charge on any atom is -0.252 e. The maximum absolute atomic E-state index is 11.8. The first-order chi connectivity index (χ1) is 6.86. The summed E-state index contributed by atoms with van der Waals surface area (Å²) in [5.74, 6) is 0.564. The van der Waals surface area contributed by atoms with Gasteiger partial charge in [0.1, 0.15) is 5.03 Å². The molecular weight excluding hydrogens is 214 g/mol. The van der Waals surface area contributed by atoms with Gasteiger partial charge in [0.25, 0.3) is 0 Å². The van der Waals surface area contributed by atoms with E-state index in [-0.39, 0.29) is 0 Å². The molecule has 2 nitrogen and oxygen atoms in total. The Kier molecular flexibility index (Phi) is 3.06. The lowest BCUT2D eigenvalue weighted by atomic mass is 10.5. The molecule has 72 valence electrons. The second-order valence-corrected chi connectivity index (χ2v) is 5.17. The summed E-state index contributed by atoms with van der Waals surface area (Å²) >= 11 is 1.63. The average Bonchev–Trinajstić information content (AvgIpc) is 2.72. The summed E-state index contributed by atoms with van der Waals surface area (Å²) < 4.78 is 11.8. The van der Waals surface area contributed by atoms with E-state index in [2.05, 4.69) is 4.98 Å². The molecule has 0 aliphatic carbocycles. The molecule has 2 aromatic heterocycles. The van der Waals surface area contributed by atoms with Gasteiger partial charge in [-0.2, -0.15) is 0 Å². The third kappa shape index (κ3) is 2.27. The molecule has 2 heterocycles. The van der Waals surface area contributed by atoms with Crippen LogP contribution in [0.1, 0.15) is 4.88 Å². The smallest absolute Gasteiger partial charge is 0.127 e. The normalized spacial score (nSPS) is 12.6. The summed E-state index contributed by atoms with van der Waals surface area (Å²) in [4.78, 5) is 5.20. The summed E-state index contributed by atoms with van der Waals surface area (Å²) in [5.41, 5.74) is 0. The second kappa shape index (κ2) is 4.48. The molecule has 0 saturated carbocycles. The predicted molar refractivity (Wildman–Crippen MR) is 58.7 cm³/mol. The fraction of sp³-hybridized carbons (Fsp3) is 0.100. The maximum Gasteiger partial charge on any atom is 0.127 e. The molecular formula is C10H9NOS2. The molecule has 1 unspecified atom stereocenters. The molecule has 14 heavy (non-hydrogen) atoms. The van der Waals surface area contributed by atoms with Crippen LogP contribution in [0.15, 0.2) is 46.9 Å². The average molecular weight is 223 g/mol. The van der Waals surface area contributed by atoms with Gasteiger partial charge in [0.05, 0.1) is 16.6 Å². The maximum atomic E-state index is 11.8. The number of nitrogens with zero attached hydrogens (tertiary/aromatic N) is 1. The number of hydrogen-bond donors (Lipinski definition) is 0. The Morgan fingerprint density at radius 1 is 1.29 bits per heavy atom. The van der Waals surface area contributed by atoms with Crippen molar-refractivity contribution in [1.29, 1.82) is 0 Å². The highest BCUT2D eigenvalue weighted by atomic mass is 32.2. The van der Waals surface area contributed by atoms with Crippen molar-refractivity contribution in [2.45, 2.75) is 10.8 Å². The van der Waals surface area contributed by atoms with Crippen molar-refractivity contribution in [2.75, 3.05) is 0 Å². The van der Waals surface area contributed by atoms with E-state index in [1.807, 2.05) is 29.6 Å². The molecule has 0 N–H and O–H groups in total. The zero-order chi connectivity index (χ0) is 9.80. The SMILES string of the molecule is O=S(Cc1cccs1)c1ccccn1. The Labute approximate surface area is 89.1 Å². The third-order valence-corrected chi connectivity index (χ3v) is 4.06. The van der Waals surface area contributed by atoms with Gasteiger partial charge in [0.2, 0.25) is 0 Å². The molecule has 0 spiro atoms. The number of hydrogen-bond acceptors (Lipinski definition) is 3. The molecule has 0 saturated heterocycles. The van der Waals surface area contributed by atoms with Crippen LogP contribution in [0.3, 0.4) is 0 Å². The molecule has 0 bridgehead atoms. The van der Waals surface area contributed by atoms with E-state index in [9.17, 15) is 4.21 Å². The zero-order valence-electron chi connectivity index (χ0n) is 7.42. The minimum absolute atomic E-state index is 0.564. The predicted octanol–water partition coefficient (Wildman–Crippen LogP) is 2.45. The van der Waals surface area contributed by atoms with Crippen LogP contribution < -0.4 is 0 Å². The van der Waals surface area contributed by atoms with Gasteiger partial charge in [0, 0.05) is 11.1 Å². The van der Waals surface area contributed by atoms with E-state index in [0.717, 1.165) is 4.88 Å². The quantitative estimate of drug-likeness (QED) is 0.800. The Balaban J connectivity index is 2.11. The van der Waals surface area contributed by atoms with Gasteiger partial charge >= 0.3 is 0 Å². The number of rotatable bonds is 3. The molecule has 0 fully saturated rings. The van der Waals surface area contributed by atoms with Crippen LogP contribution in [0, 0.1) is 0 Å². The van der Waals surface area contributed by atoms with Crippen LogP contribution in [0.2, 0.25) is 0 Å². The summed E-state index contributed by atoms with van der Waals surface area (Å²) in [6, 6.07) is 9.44. The van der Waals surface area contributed by atoms with Crippen molar-refractivity contribution in [3.63, 3.8) is 0 Å². The summed E-state index contributed by atoms with van der Waals surface area (Å²) in [7, 11) is -1.01. The Morgan fingerprint density at radius 2 is 2.21 bits per heavy atom. The summed E-state index contributed by atoms with van der Waals surface area (Å²) in [5, 5.41) is 2.64. The molecule has 2 rings (SSSR count). The largest absolute Gasteiger partial charge is 0.252 e. The number of pyridine rings is 1. The minimum atomic E-state index is -1.01. The monoisotopic (exact) mass is 223 g/mol. The van der Waals surface area contributed by atoms with Crippen LogP contribution in [0.4, 0.5) is 0 Å². The van der Waals surface area contributed by atoms with Crippen molar-refractivity contribution >= 4 is 22.1 Å². The number of aromatic nitrogens is 1. The van der Waals surface area contributed by atoms with E-state index in [1.165, 1.54) is 0 Å². The fourth-order valence-corrected chi connectivity index (χ4v) is 3.07. The van der Waals surface area contributed by atoms with Gasteiger partial charge < -0.3 is 0 Å².